The molecule has 0 spiro atoms. The van der Waals surface area contributed by atoms with Crippen LogP contribution in [0.2, 0.25) is 0 Å². The first kappa shape index (κ1) is 12.7. The van der Waals surface area contributed by atoms with E-state index in [1.807, 2.05) is 5.38 Å². The molecule has 0 aliphatic heterocycles. The van der Waals surface area contributed by atoms with Gasteiger partial charge in [-0.25, -0.2) is 4.79 Å². The fourth-order valence-corrected chi connectivity index (χ4v) is 3.03. The standard InChI is InChI=1S/C11H6BrNO4S/c12-9-5-18-4-8(9)7-2-1-6(11(14)15)3-10(7)13(16)17/h1-5H,(H,14,15). The number of carboxylic acids is 1. The average Bonchev–Trinajstić information content (AvgIpc) is 2.74. The molecule has 2 aromatic rings. The molecule has 0 aliphatic carbocycles. The second-order valence-electron chi connectivity index (χ2n) is 3.43. The minimum Gasteiger partial charge on any atom is -0.478 e. The van der Waals surface area contributed by atoms with Gasteiger partial charge in [0, 0.05) is 21.5 Å². The molecular weight excluding hydrogens is 322 g/mol. The van der Waals surface area contributed by atoms with E-state index >= 15 is 0 Å². The van der Waals surface area contributed by atoms with Crippen LogP contribution in [0.4, 0.5) is 5.69 Å². The summed E-state index contributed by atoms with van der Waals surface area (Å²) in [6.45, 7) is 0. The first-order valence-corrected chi connectivity index (χ1v) is 6.48. The van der Waals surface area contributed by atoms with E-state index < -0.39 is 10.9 Å². The van der Waals surface area contributed by atoms with Crippen LogP contribution in [-0.2, 0) is 0 Å². The summed E-state index contributed by atoms with van der Waals surface area (Å²) in [4.78, 5) is 21.2. The number of nitro groups is 1. The number of hydrogen-bond donors (Lipinski definition) is 1. The Hall–Kier alpha value is -1.73. The second-order valence-corrected chi connectivity index (χ2v) is 5.03. The quantitative estimate of drug-likeness (QED) is 0.687. The van der Waals surface area contributed by atoms with Crippen molar-refractivity contribution in [2.45, 2.75) is 0 Å². The van der Waals surface area contributed by atoms with E-state index in [-0.39, 0.29) is 11.3 Å². The number of hydrogen-bond acceptors (Lipinski definition) is 4. The Bertz CT molecular complexity index is 638. The number of carbonyl (C=O) groups is 1. The summed E-state index contributed by atoms with van der Waals surface area (Å²) in [5.74, 6) is -1.19. The topological polar surface area (TPSA) is 80.4 Å². The van der Waals surface area contributed by atoms with Gasteiger partial charge in [0.1, 0.15) is 0 Å². The first-order valence-electron chi connectivity index (χ1n) is 4.74. The number of nitrogens with zero attached hydrogens (tertiary/aromatic N) is 1. The van der Waals surface area contributed by atoms with Gasteiger partial charge in [0.2, 0.25) is 0 Å². The molecular formula is C11H6BrNO4S. The molecule has 1 N–H and O–H groups in total. The minimum atomic E-state index is -1.19. The number of carboxylic acid groups (broad SMARTS) is 1. The van der Waals surface area contributed by atoms with Crippen molar-refractivity contribution < 1.29 is 14.8 Å². The molecule has 0 saturated heterocycles. The van der Waals surface area contributed by atoms with Gasteiger partial charge in [-0.05, 0) is 33.4 Å². The van der Waals surface area contributed by atoms with E-state index in [1.54, 1.807) is 5.38 Å². The molecule has 7 heteroatoms. The summed E-state index contributed by atoms with van der Waals surface area (Å²) in [5.41, 5.74) is 0.771. The van der Waals surface area contributed by atoms with Crippen molar-refractivity contribution in [1.82, 2.24) is 0 Å². The number of thiophene rings is 1. The predicted molar refractivity (Wildman–Crippen MR) is 71.1 cm³/mol. The summed E-state index contributed by atoms with van der Waals surface area (Å²) < 4.78 is 0.749. The molecule has 1 heterocycles. The lowest BCUT2D eigenvalue weighted by atomic mass is 10.0. The Morgan fingerprint density at radius 1 is 1.33 bits per heavy atom. The molecule has 5 nitrogen and oxygen atoms in total. The van der Waals surface area contributed by atoms with Crippen LogP contribution in [0.5, 0.6) is 0 Å². The molecule has 0 saturated carbocycles. The highest BCUT2D eigenvalue weighted by atomic mass is 79.9. The monoisotopic (exact) mass is 327 g/mol. The molecule has 0 aliphatic rings. The summed E-state index contributed by atoms with van der Waals surface area (Å²) in [6.07, 6.45) is 0. The lowest BCUT2D eigenvalue weighted by molar-refractivity contribution is -0.384. The van der Waals surface area contributed by atoms with E-state index in [4.69, 9.17) is 5.11 Å². The third-order valence-electron chi connectivity index (χ3n) is 2.35. The van der Waals surface area contributed by atoms with Crippen LogP contribution in [0.15, 0.2) is 33.4 Å². The van der Waals surface area contributed by atoms with Gasteiger partial charge in [0.25, 0.3) is 5.69 Å². The van der Waals surface area contributed by atoms with Gasteiger partial charge >= 0.3 is 5.97 Å². The van der Waals surface area contributed by atoms with Crippen molar-refractivity contribution in [3.8, 4) is 11.1 Å². The second kappa shape index (κ2) is 4.87. The Balaban J connectivity index is 2.65. The average molecular weight is 328 g/mol. The Morgan fingerprint density at radius 3 is 2.56 bits per heavy atom. The molecule has 0 bridgehead atoms. The SMILES string of the molecule is O=C(O)c1ccc(-c2cscc2Br)c([N+](=O)[O-])c1. The largest absolute Gasteiger partial charge is 0.478 e. The lowest BCUT2D eigenvalue weighted by Gasteiger charge is -2.03. The van der Waals surface area contributed by atoms with Crippen molar-refractivity contribution in [2.75, 3.05) is 0 Å². The smallest absolute Gasteiger partial charge is 0.335 e. The van der Waals surface area contributed by atoms with Crippen molar-refractivity contribution in [3.63, 3.8) is 0 Å². The maximum Gasteiger partial charge on any atom is 0.335 e. The van der Waals surface area contributed by atoms with Gasteiger partial charge in [-0.2, -0.15) is 11.3 Å². The van der Waals surface area contributed by atoms with Crippen LogP contribution >= 0.6 is 27.3 Å². The molecule has 92 valence electrons. The maximum absolute atomic E-state index is 11.0. The third-order valence-corrected chi connectivity index (χ3v) is 4.05. The highest BCUT2D eigenvalue weighted by Gasteiger charge is 2.20. The maximum atomic E-state index is 11.0. The lowest BCUT2D eigenvalue weighted by Crippen LogP contribution is -1.99. The molecule has 1 aromatic heterocycles. The van der Waals surface area contributed by atoms with E-state index in [9.17, 15) is 14.9 Å². The van der Waals surface area contributed by atoms with Crippen LogP contribution < -0.4 is 0 Å². The highest BCUT2D eigenvalue weighted by Crippen LogP contribution is 2.37. The Morgan fingerprint density at radius 2 is 2.06 bits per heavy atom. The van der Waals surface area contributed by atoms with E-state index in [0.717, 1.165) is 10.5 Å². The Labute approximate surface area is 114 Å². The molecule has 0 fully saturated rings. The van der Waals surface area contributed by atoms with Crippen LogP contribution in [0.1, 0.15) is 10.4 Å². The summed E-state index contributed by atoms with van der Waals surface area (Å²) in [5, 5.41) is 23.4. The van der Waals surface area contributed by atoms with Crippen LogP contribution in [-0.4, -0.2) is 16.0 Å². The van der Waals surface area contributed by atoms with E-state index in [0.29, 0.717) is 11.1 Å². The summed E-state index contributed by atoms with van der Waals surface area (Å²) in [6, 6.07) is 3.88. The molecule has 0 atom stereocenters. The van der Waals surface area contributed by atoms with E-state index in [1.165, 1.54) is 23.5 Å². The number of benzene rings is 1. The molecule has 1 aromatic carbocycles. The summed E-state index contributed by atoms with van der Waals surface area (Å²) >= 11 is 4.71. The molecule has 2 rings (SSSR count). The van der Waals surface area contributed by atoms with Crippen LogP contribution in [0.25, 0.3) is 11.1 Å². The van der Waals surface area contributed by atoms with Crippen molar-refractivity contribution in [3.05, 3.63) is 49.1 Å². The fourth-order valence-electron chi connectivity index (χ4n) is 1.52. The van der Waals surface area contributed by atoms with Crippen molar-refractivity contribution in [1.29, 1.82) is 0 Å². The number of nitro benzene ring substituents is 1. The first-order chi connectivity index (χ1) is 8.50. The Kier molecular flexibility index (Phi) is 3.44. The molecule has 0 radical (unpaired) electrons. The van der Waals surface area contributed by atoms with Crippen molar-refractivity contribution >= 4 is 38.9 Å². The normalized spacial score (nSPS) is 10.3. The molecule has 18 heavy (non-hydrogen) atoms. The fraction of sp³-hybridized carbons (Fsp3) is 0. The number of halogens is 1. The number of rotatable bonds is 3. The zero-order valence-electron chi connectivity index (χ0n) is 8.79. The zero-order chi connectivity index (χ0) is 13.3. The van der Waals surface area contributed by atoms with Gasteiger partial charge in [0.15, 0.2) is 0 Å². The molecule has 0 amide bonds. The predicted octanol–water partition coefficient (Wildman–Crippen LogP) is 3.78. The number of aromatic carboxylic acids is 1. The van der Waals surface area contributed by atoms with Gasteiger partial charge in [-0.15, -0.1) is 0 Å². The highest BCUT2D eigenvalue weighted by molar-refractivity contribution is 9.10. The summed E-state index contributed by atoms with van der Waals surface area (Å²) in [7, 11) is 0. The molecule has 0 unspecified atom stereocenters. The van der Waals surface area contributed by atoms with Gasteiger partial charge < -0.3 is 5.11 Å². The van der Waals surface area contributed by atoms with E-state index in [2.05, 4.69) is 15.9 Å². The van der Waals surface area contributed by atoms with Crippen LogP contribution in [0.3, 0.4) is 0 Å². The zero-order valence-corrected chi connectivity index (χ0v) is 11.2. The minimum absolute atomic E-state index is 0.100. The van der Waals surface area contributed by atoms with Crippen molar-refractivity contribution in [2.24, 2.45) is 0 Å². The van der Waals surface area contributed by atoms with Crippen LogP contribution in [0, 0.1) is 10.1 Å². The van der Waals surface area contributed by atoms with Gasteiger partial charge in [-0.3, -0.25) is 10.1 Å². The van der Waals surface area contributed by atoms with Gasteiger partial charge in [-0.1, -0.05) is 0 Å². The third kappa shape index (κ3) is 2.27. The van der Waals surface area contributed by atoms with Gasteiger partial charge in [0.05, 0.1) is 16.1 Å².